The lowest BCUT2D eigenvalue weighted by Gasteiger charge is -2.09. The predicted octanol–water partition coefficient (Wildman–Crippen LogP) is 2.63. The summed E-state index contributed by atoms with van der Waals surface area (Å²) in [6.07, 6.45) is 0.319. The van der Waals surface area contributed by atoms with E-state index in [-0.39, 0.29) is 12.4 Å². The fourth-order valence-electron chi connectivity index (χ4n) is 1.32. The second-order valence-corrected chi connectivity index (χ2v) is 3.47. The molecule has 0 spiro atoms. The van der Waals surface area contributed by atoms with Crippen LogP contribution in [0.25, 0.3) is 0 Å². The maximum Gasteiger partial charge on any atom is 0.129 e. The highest BCUT2D eigenvalue weighted by molar-refractivity contribution is 6.31. The van der Waals surface area contributed by atoms with Crippen LogP contribution in [0.5, 0.6) is 0 Å². The van der Waals surface area contributed by atoms with Crippen LogP contribution in [0.15, 0.2) is 6.07 Å². The lowest BCUT2D eigenvalue weighted by molar-refractivity contribution is 0.297. The van der Waals surface area contributed by atoms with Crippen molar-refractivity contribution in [1.29, 1.82) is 0 Å². The fourth-order valence-corrected chi connectivity index (χ4v) is 1.60. The summed E-state index contributed by atoms with van der Waals surface area (Å²) in [5.41, 5.74) is 1.77. The van der Waals surface area contributed by atoms with Gasteiger partial charge in [-0.15, -0.1) is 0 Å². The Bertz CT molecular complexity index is 297. The molecule has 0 saturated carbocycles. The van der Waals surface area contributed by atoms with Crippen molar-refractivity contribution in [2.45, 2.75) is 20.3 Å². The molecule has 0 unspecified atom stereocenters. The minimum atomic E-state index is -0.254. The molecule has 0 aromatic heterocycles. The van der Waals surface area contributed by atoms with Crippen LogP contribution in [-0.2, 0) is 6.42 Å². The van der Waals surface area contributed by atoms with Gasteiger partial charge in [0.1, 0.15) is 5.82 Å². The molecular formula is C10H12ClFO. The molecule has 0 atom stereocenters. The molecule has 1 aromatic rings. The van der Waals surface area contributed by atoms with E-state index in [0.717, 1.165) is 5.56 Å². The summed E-state index contributed by atoms with van der Waals surface area (Å²) in [6, 6.07) is 1.60. The molecule has 1 nitrogen and oxygen atoms in total. The molecule has 0 aliphatic heterocycles. The first-order valence-electron chi connectivity index (χ1n) is 4.13. The lowest BCUT2D eigenvalue weighted by Crippen LogP contribution is -2.01. The molecule has 0 saturated heterocycles. The van der Waals surface area contributed by atoms with E-state index in [4.69, 9.17) is 16.7 Å². The number of aryl methyl sites for hydroxylation is 1. The summed E-state index contributed by atoms with van der Waals surface area (Å²) < 4.78 is 13.5. The highest BCUT2D eigenvalue weighted by Crippen LogP contribution is 2.25. The van der Waals surface area contributed by atoms with Crippen molar-refractivity contribution in [3.05, 3.63) is 33.6 Å². The van der Waals surface area contributed by atoms with Crippen molar-refractivity contribution in [3.63, 3.8) is 0 Å². The molecule has 1 N–H and O–H groups in total. The Balaban J connectivity index is 3.28. The number of rotatable bonds is 2. The van der Waals surface area contributed by atoms with Crippen LogP contribution < -0.4 is 0 Å². The van der Waals surface area contributed by atoms with Gasteiger partial charge in [0.25, 0.3) is 0 Å². The third-order valence-corrected chi connectivity index (χ3v) is 2.52. The molecule has 0 heterocycles. The van der Waals surface area contributed by atoms with E-state index in [1.54, 1.807) is 19.9 Å². The van der Waals surface area contributed by atoms with Gasteiger partial charge in [0.15, 0.2) is 0 Å². The van der Waals surface area contributed by atoms with E-state index in [0.29, 0.717) is 22.6 Å². The van der Waals surface area contributed by atoms with Crippen LogP contribution in [0.4, 0.5) is 4.39 Å². The molecule has 0 aliphatic rings. The molecule has 0 fully saturated rings. The zero-order chi connectivity index (χ0) is 10.0. The topological polar surface area (TPSA) is 20.2 Å². The highest BCUT2D eigenvalue weighted by atomic mass is 35.5. The van der Waals surface area contributed by atoms with Gasteiger partial charge in [-0.05, 0) is 43.0 Å². The minimum Gasteiger partial charge on any atom is -0.396 e. The smallest absolute Gasteiger partial charge is 0.129 e. The molecular weight excluding hydrogens is 191 g/mol. The molecule has 0 bridgehead atoms. The fraction of sp³-hybridized carbons (Fsp3) is 0.400. The van der Waals surface area contributed by atoms with Crippen molar-refractivity contribution in [1.82, 2.24) is 0 Å². The number of aliphatic hydroxyl groups is 1. The molecule has 13 heavy (non-hydrogen) atoms. The summed E-state index contributed by atoms with van der Waals surface area (Å²) in [5, 5.41) is 9.30. The largest absolute Gasteiger partial charge is 0.396 e. The van der Waals surface area contributed by atoms with Crippen LogP contribution in [0, 0.1) is 19.7 Å². The maximum atomic E-state index is 13.5. The van der Waals surface area contributed by atoms with Crippen molar-refractivity contribution < 1.29 is 9.50 Å². The summed E-state index contributed by atoms with van der Waals surface area (Å²) in [7, 11) is 0. The average molecular weight is 203 g/mol. The molecule has 1 rings (SSSR count). The SMILES string of the molecule is Cc1cc(Cl)c(C)c(CCO)c1F. The van der Waals surface area contributed by atoms with Crippen molar-refractivity contribution in [2.75, 3.05) is 6.61 Å². The number of halogens is 2. The van der Waals surface area contributed by atoms with E-state index in [9.17, 15) is 4.39 Å². The van der Waals surface area contributed by atoms with E-state index < -0.39 is 0 Å². The standard InChI is InChI=1S/C10H12ClFO/c1-6-5-9(11)7(2)8(3-4-13)10(6)12/h5,13H,3-4H2,1-2H3. The first-order chi connectivity index (χ1) is 6.07. The van der Waals surface area contributed by atoms with Gasteiger partial charge in [-0.3, -0.25) is 0 Å². The Morgan fingerprint density at radius 1 is 1.46 bits per heavy atom. The van der Waals surface area contributed by atoms with Crippen LogP contribution in [-0.4, -0.2) is 11.7 Å². The first-order valence-corrected chi connectivity index (χ1v) is 4.50. The quantitative estimate of drug-likeness (QED) is 0.782. The third-order valence-electron chi connectivity index (χ3n) is 2.13. The second-order valence-electron chi connectivity index (χ2n) is 3.07. The van der Waals surface area contributed by atoms with E-state index in [1.807, 2.05) is 0 Å². The summed E-state index contributed by atoms with van der Waals surface area (Å²) in [6.45, 7) is 3.37. The van der Waals surface area contributed by atoms with Crippen LogP contribution in [0.1, 0.15) is 16.7 Å². The van der Waals surface area contributed by atoms with Crippen molar-refractivity contribution in [2.24, 2.45) is 0 Å². The van der Waals surface area contributed by atoms with Crippen molar-refractivity contribution >= 4 is 11.6 Å². The van der Waals surface area contributed by atoms with E-state index in [2.05, 4.69) is 0 Å². The number of hydrogen-bond acceptors (Lipinski definition) is 1. The normalized spacial score (nSPS) is 10.5. The van der Waals surface area contributed by atoms with Gasteiger partial charge in [-0.25, -0.2) is 4.39 Å². The molecule has 1 aromatic carbocycles. The highest BCUT2D eigenvalue weighted by Gasteiger charge is 2.11. The molecule has 0 aliphatic carbocycles. The van der Waals surface area contributed by atoms with Crippen molar-refractivity contribution in [3.8, 4) is 0 Å². The molecule has 3 heteroatoms. The van der Waals surface area contributed by atoms with Gasteiger partial charge in [0.05, 0.1) is 0 Å². The van der Waals surface area contributed by atoms with Crippen LogP contribution >= 0.6 is 11.6 Å². The zero-order valence-corrected chi connectivity index (χ0v) is 8.45. The van der Waals surface area contributed by atoms with Crippen LogP contribution in [0.3, 0.4) is 0 Å². The van der Waals surface area contributed by atoms with Gasteiger partial charge < -0.3 is 5.11 Å². The Morgan fingerprint density at radius 3 is 2.62 bits per heavy atom. The van der Waals surface area contributed by atoms with Crippen LogP contribution in [0.2, 0.25) is 5.02 Å². The Morgan fingerprint density at radius 2 is 2.08 bits per heavy atom. The van der Waals surface area contributed by atoms with Gasteiger partial charge in [0.2, 0.25) is 0 Å². The number of benzene rings is 1. The summed E-state index contributed by atoms with van der Waals surface area (Å²) >= 11 is 5.88. The number of aliphatic hydroxyl groups excluding tert-OH is 1. The van der Waals surface area contributed by atoms with Gasteiger partial charge in [0, 0.05) is 11.6 Å². The van der Waals surface area contributed by atoms with Gasteiger partial charge in [-0.2, -0.15) is 0 Å². The monoisotopic (exact) mass is 202 g/mol. The first kappa shape index (κ1) is 10.5. The third kappa shape index (κ3) is 2.01. The van der Waals surface area contributed by atoms with E-state index in [1.165, 1.54) is 0 Å². The molecule has 0 radical (unpaired) electrons. The van der Waals surface area contributed by atoms with E-state index >= 15 is 0 Å². The number of hydrogen-bond donors (Lipinski definition) is 1. The lowest BCUT2D eigenvalue weighted by atomic mass is 10.0. The summed E-state index contributed by atoms with van der Waals surface area (Å²) in [4.78, 5) is 0. The Labute approximate surface area is 82.2 Å². The summed E-state index contributed by atoms with van der Waals surface area (Å²) in [5.74, 6) is -0.254. The minimum absolute atomic E-state index is 0.0580. The Hall–Kier alpha value is -0.600. The second kappa shape index (κ2) is 4.07. The molecule has 0 amide bonds. The zero-order valence-electron chi connectivity index (χ0n) is 7.69. The van der Waals surface area contributed by atoms with Gasteiger partial charge >= 0.3 is 0 Å². The molecule has 72 valence electrons. The maximum absolute atomic E-state index is 13.5. The van der Waals surface area contributed by atoms with Gasteiger partial charge in [-0.1, -0.05) is 11.6 Å². The predicted molar refractivity (Wildman–Crippen MR) is 51.7 cm³/mol. The Kier molecular flexibility index (Phi) is 3.28. The average Bonchev–Trinajstić information content (AvgIpc) is 2.09.